The number of amides is 2. The molecule has 10 heteroatoms. The molecule has 0 bridgehead atoms. The predicted molar refractivity (Wildman–Crippen MR) is 165 cm³/mol. The second-order valence-corrected chi connectivity index (χ2v) is 13.1. The third kappa shape index (κ3) is 6.59. The molecular weight excluding hydrogens is 600 g/mol. The zero-order chi connectivity index (χ0) is 30.0. The van der Waals surface area contributed by atoms with E-state index in [2.05, 4.69) is 32.5 Å². The molecule has 1 aliphatic carbocycles. The summed E-state index contributed by atoms with van der Waals surface area (Å²) in [5, 5.41) is 17.6. The molecule has 5 rings (SSSR count). The van der Waals surface area contributed by atoms with Gasteiger partial charge < -0.3 is 29.9 Å². The summed E-state index contributed by atoms with van der Waals surface area (Å²) in [5.74, 6) is 2.80. The van der Waals surface area contributed by atoms with Crippen LogP contribution in [-0.2, 0) is 4.79 Å². The normalized spacial score (nSPS) is 21.4. The number of nitrogens with zero attached hydrogens (tertiary/aromatic N) is 2. The number of ether oxygens (including phenoxy) is 1. The molecule has 3 atom stereocenters. The topological polar surface area (TPSA) is 113 Å². The van der Waals surface area contributed by atoms with E-state index in [0.29, 0.717) is 25.8 Å². The SMILES string of the molecule is C#CC[C@H](NC(=O)c1cc(N2CCCC2=O)c(=O)n(C2CCCC2)c1)[C@H](O)CN[C@H]1CC(C)(C)Oc2ccc(Br)cc21. The lowest BCUT2D eigenvalue weighted by Gasteiger charge is -2.38. The van der Waals surface area contributed by atoms with Crippen molar-refractivity contribution in [2.24, 2.45) is 0 Å². The Balaban J connectivity index is 1.34. The number of aromatic nitrogens is 1. The van der Waals surface area contributed by atoms with Gasteiger partial charge in [-0.1, -0.05) is 28.8 Å². The summed E-state index contributed by atoms with van der Waals surface area (Å²) in [6.07, 6.45) is 11.9. The number of aliphatic hydroxyl groups is 1. The molecule has 2 fully saturated rings. The highest BCUT2D eigenvalue weighted by Crippen LogP contribution is 2.40. The van der Waals surface area contributed by atoms with Crippen molar-refractivity contribution in [3.05, 3.63) is 56.4 Å². The van der Waals surface area contributed by atoms with Crippen LogP contribution in [0.25, 0.3) is 0 Å². The van der Waals surface area contributed by atoms with E-state index in [-0.39, 0.29) is 47.8 Å². The maximum Gasteiger partial charge on any atom is 0.274 e. The summed E-state index contributed by atoms with van der Waals surface area (Å²) in [6, 6.07) is 6.57. The molecule has 1 aromatic heterocycles. The molecule has 0 unspecified atom stereocenters. The lowest BCUT2D eigenvalue weighted by atomic mass is 9.89. The summed E-state index contributed by atoms with van der Waals surface area (Å²) in [7, 11) is 0. The van der Waals surface area contributed by atoms with Gasteiger partial charge in [0.15, 0.2) is 0 Å². The summed E-state index contributed by atoms with van der Waals surface area (Å²) in [6.45, 7) is 4.70. The van der Waals surface area contributed by atoms with Crippen molar-refractivity contribution in [1.82, 2.24) is 15.2 Å². The van der Waals surface area contributed by atoms with Crippen LogP contribution < -0.4 is 25.8 Å². The summed E-state index contributed by atoms with van der Waals surface area (Å²) in [4.78, 5) is 41.1. The van der Waals surface area contributed by atoms with Gasteiger partial charge in [0, 0.05) is 60.7 Å². The van der Waals surface area contributed by atoms with Gasteiger partial charge in [-0.05, 0) is 57.4 Å². The van der Waals surface area contributed by atoms with E-state index in [4.69, 9.17) is 11.2 Å². The highest BCUT2D eigenvalue weighted by atomic mass is 79.9. The van der Waals surface area contributed by atoms with Crippen molar-refractivity contribution in [2.45, 2.75) is 95.0 Å². The number of rotatable bonds is 9. The van der Waals surface area contributed by atoms with E-state index in [1.54, 1.807) is 10.8 Å². The van der Waals surface area contributed by atoms with Crippen LogP contribution in [0.5, 0.6) is 5.75 Å². The fourth-order valence-corrected chi connectivity index (χ4v) is 6.71. The molecule has 3 N–H and O–H groups in total. The van der Waals surface area contributed by atoms with Crippen LogP contribution in [0.4, 0.5) is 5.69 Å². The number of terminal acetylenes is 1. The molecule has 224 valence electrons. The van der Waals surface area contributed by atoms with Gasteiger partial charge in [0.05, 0.1) is 17.7 Å². The Kier molecular flexibility index (Phi) is 9.11. The number of pyridine rings is 1. The van der Waals surface area contributed by atoms with Crippen molar-refractivity contribution >= 4 is 33.4 Å². The van der Waals surface area contributed by atoms with E-state index in [1.165, 1.54) is 11.0 Å². The maximum absolute atomic E-state index is 13.6. The molecule has 3 aliphatic rings. The van der Waals surface area contributed by atoms with Gasteiger partial charge in [-0.2, -0.15) is 0 Å². The Bertz CT molecular complexity index is 1440. The number of hydrogen-bond donors (Lipinski definition) is 3. The zero-order valence-electron chi connectivity index (χ0n) is 24.2. The highest BCUT2D eigenvalue weighted by Gasteiger charge is 2.35. The number of anilines is 1. The predicted octanol–water partition coefficient (Wildman–Crippen LogP) is 4.23. The first-order valence-electron chi connectivity index (χ1n) is 14.8. The second kappa shape index (κ2) is 12.6. The van der Waals surface area contributed by atoms with E-state index in [1.807, 2.05) is 32.0 Å². The number of carbonyl (C=O) groups is 2. The minimum absolute atomic E-state index is 0.00959. The smallest absolute Gasteiger partial charge is 0.274 e. The van der Waals surface area contributed by atoms with Gasteiger partial charge in [0.2, 0.25) is 5.91 Å². The molecule has 1 saturated carbocycles. The number of aliphatic hydroxyl groups excluding tert-OH is 1. The van der Waals surface area contributed by atoms with Gasteiger partial charge in [-0.3, -0.25) is 14.4 Å². The molecule has 2 amide bonds. The quantitative estimate of drug-likeness (QED) is 0.355. The fraction of sp³-hybridized carbons (Fsp3) is 0.531. The Labute approximate surface area is 255 Å². The molecule has 0 radical (unpaired) electrons. The molecule has 1 saturated heterocycles. The number of nitrogens with one attached hydrogen (secondary N) is 2. The number of benzene rings is 1. The van der Waals surface area contributed by atoms with Gasteiger partial charge >= 0.3 is 0 Å². The minimum atomic E-state index is -0.980. The van der Waals surface area contributed by atoms with Crippen molar-refractivity contribution in [2.75, 3.05) is 18.0 Å². The summed E-state index contributed by atoms with van der Waals surface area (Å²) in [5.41, 5.74) is 0.853. The molecule has 42 heavy (non-hydrogen) atoms. The first-order valence-corrected chi connectivity index (χ1v) is 15.6. The number of hydrogen-bond acceptors (Lipinski definition) is 6. The maximum atomic E-state index is 13.6. The van der Waals surface area contributed by atoms with E-state index in [9.17, 15) is 19.5 Å². The Morgan fingerprint density at radius 3 is 2.69 bits per heavy atom. The van der Waals surface area contributed by atoms with Crippen molar-refractivity contribution in [3.8, 4) is 18.1 Å². The average molecular weight is 640 g/mol. The van der Waals surface area contributed by atoms with Crippen LogP contribution >= 0.6 is 15.9 Å². The lowest BCUT2D eigenvalue weighted by molar-refractivity contribution is -0.117. The third-order valence-electron chi connectivity index (χ3n) is 8.49. The highest BCUT2D eigenvalue weighted by molar-refractivity contribution is 9.10. The van der Waals surface area contributed by atoms with E-state index < -0.39 is 23.7 Å². The van der Waals surface area contributed by atoms with Gasteiger partial charge in [-0.25, -0.2) is 0 Å². The molecule has 3 heterocycles. The molecule has 9 nitrogen and oxygen atoms in total. The van der Waals surface area contributed by atoms with Crippen molar-refractivity contribution in [1.29, 1.82) is 0 Å². The van der Waals surface area contributed by atoms with Crippen LogP contribution in [0.3, 0.4) is 0 Å². The van der Waals surface area contributed by atoms with Crippen LogP contribution in [0, 0.1) is 12.3 Å². The van der Waals surface area contributed by atoms with Gasteiger partial charge in [-0.15, -0.1) is 12.3 Å². The lowest BCUT2D eigenvalue weighted by Crippen LogP contribution is -2.49. The minimum Gasteiger partial charge on any atom is -0.487 e. The number of carbonyl (C=O) groups excluding carboxylic acids is 2. The fourth-order valence-electron chi connectivity index (χ4n) is 6.34. The average Bonchev–Trinajstić information content (AvgIpc) is 3.63. The van der Waals surface area contributed by atoms with Crippen molar-refractivity contribution in [3.63, 3.8) is 0 Å². The summed E-state index contributed by atoms with van der Waals surface area (Å²) >= 11 is 3.53. The van der Waals surface area contributed by atoms with Crippen LogP contribution in [-0.4, -0.2) is 52.3 Å². The largest absolute Gasteiger partial charge is 0.487 e. The Hall–Kier alpha value is -3.13. The Morgan fingerprint density at radius 1 is 1.24 bits per heavy atom. The molecule has 2 aromatic rings. The molecule has 1 aromatic carbocycles. The first kappa shape index (κ1) is 30.3. The van der Waals surface area contributed by atoms with Gasteiger partial charge in [0.25, 0.3) is 11.5 Å². The number of halogens is 1. The van der Waals surface area contributed by atoms with E-state index >= 15 is 0 Å². The first-order chi connectivity index (χ1) is 20.1. The monoisotopic (exact) mass is 638 g/mol. The third-order valence-corrected chi connectivity index (χ3v) is 8.98. The van der Waals surface area contributed by atoms with Gasteiger partial charge in [0.1, 0.15) is 17.0 Å². The molecule has 2 aliphatic heterocycles. The molecule has 0 spiro atoms. The number of fused-ring (bicyclic) bond motifs is 1. The zero-order valence-corrected chi connectivity index (χ0v) is 25.8. The summed E-state index contributed by atoms with van der Waals surface area (Å²) < 4.78 is 8.71. The van der Waals surface area contributed by atoms with Crippen molar-refractivity contribution < 1.29 is 19.4 Å². The van der Waals surface area contributed by atoms with Crippen LogP contribution in [0.15, 0.2) is 39.7 Å². The van der Waals surface area contributed by atoms with E-state index in [0.717, 1.165) is 41.5 Å². The van der Waals surface area contributed by atoms with Crippen LogP contribution in [0.2, 0.25) is 0 Å². The second-order valence-electron chi connectivity index (χ2n) is 12.2. The standard InChI is InChI=1S/C32H39BrN4O5/c1-4-8-24(27(38)18-34-25-17-32(2,3)42-28-13-12-21(33)16-23(25)28)35-30(40)20-15-26(36-14-7-11-29(36)39)31(41)37(19-20)22-9-5-6-10-22/h1,12-13,15-16,19,22,24-25,27,34,38H,5-11,14,17-18H2,2-3H3,(H,35,40)/t24-,25-,27+/m0/s1. The Morgan fingerprint density at radius 2 is 2.00 bits per heavy atom. The molecular formula is C32H39BrN4O5. The van der Waals surface area contributed by atoms with Crippen LogP contribution in [0.1, 0.15) is 93.2 Å².